The summed E-state index contributed by atoms with van der Waals surface area (Å²) in [5.74, 6) is 0. The fourth-order valence-corrected chi connectivity index (χ4v) is 3.74. The fourth-order valence-electron chi connectivity index (χ4n) is 3.74. The highest BCUT2D eigenvalue weighted by molar-refractivity contribution is 5.64. The molecule has 2 bridgehead atoms. The molecule has 3 N–H and O–H groups in total. The largest absolute Gasteiger partial charge is 0.465 e. The molecule has 1 aromatic carbocycles. The number of amides is 1. The van der Waals surface area contributed by atoms with E-state index in [2.05, 4.69) is 26.5 Å². The smallest absolute Gasteiger partial charge is 0.404 e. The number of nitriles is 1. The van der Waals surface area contributed by atoms with Gasteiger partial charge in [-0.1, -0.05) is 0 Å². The normalized spacial score (nSPS) is 22.8. The SMILES string of the molecule is N#Cc1ccc(NCCCN2CC3CN(CCNC(=O)O)CC(C2)O3)cc1. The van der Waals surface area contributed by atoms with Crippen LogP contribution in [0, 0.1) is 11.3 Å². The van der Waals surface area contributed by atoms with Crippen molar-refractivity contribution in [3.05, 3.63) is 29.8 Å². The van der Waals surface area contributed by atoms with Crippen molar-refractivity contribution in [2.75, 3.05) is 57.7 Å². The highest BCUT2D eigenvalue weighted by Gasteiger charge is 2.34. The van der Waals surface area contributed by atoms with Crippen LogP contribution in [-0.4, -0.2) is 85.6 Å². The average Bonchev–Trinajstić information content (AvgIpc) is 2.65. The number of anilines is 1. The van der Waals surface area contributed by atoms with E-state index in [0.29, 0.717) is 12.1 Å². The zero-order valence-electron chi connectivity index (χ0n) is 15.4. The van der Waals surface area contributed by atoms with E-state index in [9.17, 15) is 4.79 Å². The molecule has 0 spiro atoms. The summed E-state index contributed by atoms with van der Waals surface area (Å²) in [5, 5.41) is 23.3. The van der Waals surface area contributed by atoms with Gasteiger partial charge in [-0.2, -0.15) is 5.26 Å². The van der Waals surface area contributed by atoms with E-state index in [1.165, 1.54) is 0 Å². The molecule has 1 amide bonds. The van der Waals surface area contributed by atoms with Gasteiger partial charge in [0.05, 0.1) is 23.8 Å². The van der Waals surface area contributed by atoms with Crippen LogP contribution in [0.5, 0.6) is 0 Å². The number of hydrogen-bond donors (Lipinski definition) is 3. The van der Waals surface area contributed by atoms with Crippen LogP contribution in [0.1, 0.15) is 12.0 Å². The molecule has 0 saturated carbocycles. The third-order valence-corrected chi connectivity index (χ3v) is 4.93. The lowest BCUT2D eigenvalue weighted by atomic mass is 10.1. The number of nitrogens with zero attached hydrogens (tertiary/aromatic N) is 3. The minimum atomic E-state index is -0.968. The monoisotopic (exact) mass is 373 g/mol. The number of benzene rings is 1. The summed E-state index contributed by atoms with van der Waals surface area (Å²) < 4.78 is 6.05. The Hall–Kier alpha value is -2.34. The molecule has 2 aliphatic rings. The molecule has 27 heavy (non-hydrogen) atoms. The van der Waals surface area contributed by atoms with Crippen molar-refractivity contribution in [1.82, 2.24) is 15.1 Å². The molecule has 2 fully saturated rings. The lowest BCUT2D eigenvalue weighted by molar-refractivity contribution is -0.137. The molecule has 2 atom stereocenters. The summed E-state index contributed by atoms with van der Waals surface area (Å²) in [7, 11) is 0. The first-order chi connectivity index (χ1) is 13.1. The maximum Gasteiger partial charge on any atom is 0.404 e. The van der Waals surface area contributed by atoms with E-state index in [4.69, 9.17) is 15.1 Å². The summed E-state index contributed by atoms with van der Waals surface area (Å²) >= 11 is 0. The number of morpholine rings is 2. The molecule has 8 nitrogen and oxygen atoms in total. The van der Waals surface area contributed by atoms with E-state index in [1.807, 2.05) is 24.3 Å². The molecule has 0 aromatic heterocycles. The Morgan fingerprint density at radius 1 is 1.11 bits per heavy atom. The third kappa shape index (κ3) is 6.10. The van der Waals surface area contributed by atoms with E-state index >= 15 is 0 Å². The number of fused-ring (bicyclic) bond motifs is 2. The molecular formula is C19H27N5O3. The Balaban J connectivity index is 1.33. The Labute approximate surface area is 159 Å². The summed E-state index contributed by atoms with van der Waals surface area (Å²) in [6, 6.07) is 9.64. The zero-order chi connectivity index (χ0) is 19.1. The van der Waals surface area contributed by atoms with Gasteiger partial charge in [-0.05, 0) is 30.7 Å². The molecule has 2 heterocycles. The first kappa shape index (κ1) is 19.4. The van der Waals surface area contributed by atoms with Gasteiger partial charge in [-0.25, -0.2) is 4.79 Å². The molecule has 0 aliphatic carbocycles. The molecular weight excluding hydrogens is 346 g/mol. The molecule has 8 heteroatoms. The molecule has 2 saturated heterocycles. The maximum absolute atomic E-state index is 10.5. The number of nitrogens with one attached hydrogen (secondary N) is 2. The molecule has 3 rings (SSSR count). The second-order valence-corrected chi connectivity index (χ2v) is 7.10. The number of carboxylic acid groups (broad SMARTS) is 1. The van der Waals surface area contributed by atoms with Gasteiger partial charge in [0.25, 0.3) is 0 Å². The number of hydrogen-bond acceptors (Lipinski definition) is 6. The number of rotatable bonds is 8. The van der Waals surface area contributed by atoms with Crippen LogP contribution in [0.25, 0.3) is 0 Å². The van der Waals surface area contributed by atoms with Crippen molar-refractivity contribution >= 4 is 11.8 Å². The van der Waals surface area contributed by atoms with E-state index in [-0.39, 0.29) is 12.2 Å². The van der Waals surface area contributed by atoms with E-state index in [0.717, 1.165) is 57.9 Å². The Morgan fingerprint density at radius 2 is 1.74 bits per heavy atom. The first-order valence-corrected chi connectivity index (χ1v) is 9.43. The van der Waals surface area contributed by atoms with Gasteiger partial charge in [0.1, 0.15) is 0 Å². The predicted octanol–water partition coefficient (Wildman–Crippen LogP) is 1.01. The van der Waals surface area contributed by atoms with E-state index in [1.54, 1.807) is 0 Å². The lowest BCUT2D eigenvalue weighted by Crippen LogP contribution is -2.60. The average molecular weight is 373 g/mol. The minimum absolute atomic E-state index is 0.203. The first-order valence-electron chi connectivity index (χ1n) is 9.43. The van der Waals surface area contributed by atoms with Crippen LogP contribution in [0.2, 0.25) is 0 Å². The second kappa shape index (κ2) is 9.55. The van der Waals surface area contributed by atoms with Gasteiger partial charge in [-0.15, -0.1) is 0 Å². The highest BCUT2D eigenvalue weighted by Crippen LogP contribution is 2.19. The van der Waals surface area contributed by atoms with Crippen molar-refractivity contribution < 1.29 is 14.6 Å². The highest BCUT2D eigenvalue weighted by atomic mass is 16.5. The van der Waals surface area contributed by atoms with Crippen molar-refractivity contribution in [3.8, 4) is 6.07 Å². The van der Waals surface area contributed by atoms with Crippen LogP contribution < -0.4 is 10.6 Å². The molecule has 146 valence electrons. The van der Waals surface area contributed by atoms with Crippen LogP contribution in [0.3, 0.4) is 0 Å². The van der Waals surface area contributed by atoms with Gasteiger partial charge >= 0.3 is 6.09 Å². The number of carbonyl (C=O) groups is 1. The van der Waals surface area contributed by atoms with Crippen molar-refractivity contribution in [3.63, 3.8) is 0 Å². The summed E-state index contributed by atoms with van der Waals surface area (Å²) in [6.45, 7) is 6.69. The molecule has 0 radical (unpaired) electrons. The van der Waals surface area contributed by atoms with Crippen LogP contribution in [0.15, 0.2) is 24.3 Å². The van der Waals surface area contributed by atoms with Gasteiger partial charge in [-0.3, -0.25) is 9.80 Å². The van der Waals surface area contributed by atoms with Crippen LogP contribution in [-0.2, 0) is 4.74 Å². The van der Waals surface area contributed by atoms with Crippen LogP contribution in [0.4, 0.5) is 10.5 Å². The third-order valence-electron chi connectivity index (χ3n) is 4.93. The summed E-state index contributed by atoms with van der Waals surface area (Å²) in [6.07, 6.45) is 0.484. The second-order valence-electron chi connectivity index (χ2n) is 7.10. The van der Waals surface area contributed by atoms with Crippen molar-refractivity contribution in [1.29, 1.82) is 5.26 Å². The predicted molar refractivity (Wildman–Crippen MR) is 102 cm³/mol. The standard InChI is InChI=1S/C19H27N5O3/c20-10-15-2-4-16(5-3-15)21-6-1-8-23-11-17-13-24(9-7-22-19(25)26)14-18(12-23)27-17/h2-5,17-18,21-22H,1,6-9,11-14H2,(H,25,26). The molecule has 2 aliphatic heterocycles. The quantitative estimate of drug-likeness (QED) is 0.585. The summed E-state index contributed by atoms with van der Waals surface area (Å²) in [4.78, 5) is 15.3. The van der Waals surface area contributed by atoms with Crippen molar-refractivity contribution in [2.24, 2.45) is 0 Å². The van der Waals surface area contributed by atoms with Gasteiger partial charge in [0, 0.05) is 58.0 Å². The van der Waals surface area contributed by atoms with Crippen LogP contribution >= 0.6 is 0 Å². The minimum Gasteiger partial charge on any atom is -0.465 e. The number of ether oxygens (including phenoxy) is 1. The Morgan fingerprint density at radius 3 is 2.33 bits per heavy atom. The van der Waals surface area contributed by atoms with Crippen molar-refractivity contribution in [2.45, 2.75) is 18.6 Å². The zero-order valence-corrected chi connectivity index (χ0v) is 15.4. The molecule has 2 unspecified atom stereocenters. The Bertz CT molecular complexity index is 646. The van der Waals surface area contributed by atoms with Gasteiger partial charge in [0.15, 0.2) is 0 Å². The lowest BCUT2D eigenvalue weighted by Gasteiger charge is -2.46. The topological polar surface area (TPSA) is 101 Å². The maximum atomic E-state index is 10.5. The Kier molecular flexibility index (Phi) is 6.87. The fraction of sp³-hybridized carbons (Fsp3) is 0.579. The van der Waals surface area contributed by atoms with Gasteiger partial charge in [0.2, 0.25) is 0 Å². The summed E-state index contributed by atoms with van der Waals surface area (Å²) in [5.41, 5.74) is 1.71. The molecule has 1 aromatic rings. The van der Waals surface area contributed by atoms with Gasteiger partial charge < -0.3 is 20.5 Å². The van der Waals surface area contributed by atoms with E-state index < -0.39 is 6.09 Å².